The van der Waals surface area contributed by atoms with Crippen LogP contribution in [0.2, 0.25) is 0 Å². The third-order valence-electron chi connectivity index (χ3n) is 3.99. The first-order valence-corrected chi connectivity index (χ1v) is 8.85. The minimum absolute atomic E-state index is 0.0294. The molecule has 2 amide bonds. The van der Waals surface area contributed by atoms with E-state index in [1.807, 2.05) is 35.8 Å². The predicted molar refractivity (Wildman–Crippen MR) is 104 cm³/mol. The number of benzene rings is 2. The van der Waals surface area contributed by atoms with Crippen molar-refractivity contribution in [2.75, 3.05) is 18.5 Å². The van der Waals surface area contributed by atoms with Gasteiger partial charge in [-0.3, -0.25) is 9.59 Å². The number of fused-ring (bicyclic) bond motifs is 1. The standard InChI is InChI=1S/C20H22N4O3/c1-2-21-20(26)13-27-16-9-7-15(8-10-16)23-19(25)11-12-24-14-22-17-5-3-4-6-18(17)24/h3-10,14H,2,11-13H2,1H3,(H,21,26)(H,23,25). The van der Waals surface area contributed by atoms with Gasteiger partial charge in [-0.25, -0.2) is 4.98 Å². The molecule has 0 bridgehead atoms. The molecule has 1 aromatic heterocycles. The lowest BCUT2D eigenvalue weighted by atomic mass is 10.3. The zero-order valence-corrected chi connectivity index (χ0v) is 15.1. The molecule has 0 spiro atoms. The van der Waals surface area contributed by atoms with Crippen molar-refractivity contribution in [3.63, 3.8) is 0 Å². The van der Waals surface area contributed by atoms with Crippen molar-refractivity contribution in [2.45, 2.75) is 19.9 Å². The van der Waals surface area contributed by atoms with E-state index in [9.17, 15) is 9.59 Å². The van der Waals surface area contributed by atoms with E-state index in [-0.39, 0.29) is 18.4 Å². The van der Waals surface area contributed by atoms with Crippen molar-refractivity contribution in [3.05, 3.63) is 54.9 Å². The Labute approximate surface area is 157 Å². The third-order valence-corrected chi connectivity index (χ3v) is 3.99. The third kappa shape index (κ3) is 5.07. The number of aryl methyl sites for hydroxylation is 1. The number of likely N-dealkylation sites (N-methyl/N-ethyl adjacent to an activating group) is 1. The number of ether oxygens (including phenoxy) is 1. The number of anilines is 1. The first-order chi connectivity index (χ1) is 13.2. The Kier molecular flexibility index (Phi) is 6.04. The van der Waals surface area contributed by atoms with E-state index in [1.54, 1.807) is 30.6 Å². The molecule has 3 rings (SSSR count). The molecular formula is C20H22N4O3. The van der Waals surface area contributed by atoms with E-state index >= 15 is 0 Å². The summed E-state index contributed by atoms with van der Waals surface area (Å²) in [6, 6.07) is 14.8. The normalized spacial score (nSPS) is 10.6. The van der Waals surface area contributed by atoms with E-state index < -0.39 is 0 Å². The minimum Gasteiger partial charge on any atom is -0.484 e. The summed E-state index contributed by atoms with van der Waals surface area (Å²) in [6.07, 6.45) is 2.09. The van der Waals surface area contributed by atoms with Gasteiger partial charge in [0.05, 0.1) is 17.4 Å². The van der Waals surface area contributed by atoms with E-state index in [1.165, 1.54) is 0 Å². The summed E-state index contributed by atoms with van der Waals surface area (Å²) in [5.41, 5.74) is 2.61. The van der Waals surface area contributed by atoms with Crippen molar-refractivity contribution in [2.24, 2.45) is 0 Å². The predicted octanol–water partition coefficient (Wildman–Crippen LogP) is 2.58. The van der Waals surface area contributed by atoms with E-state index in [0.717, 1.165) is 11.0 Å². The van der Waals surface area contributed by atoms with Gasteiger partial charge >= 0.3 is 0 Å². The van der Waals surface area contributed by atoms with Crippen molar-refractivity contribution in [3.8, 4) is 5.75 Å². The number of para-hydroxylation sites is 2. The lowest BCUT2D eigenvalue weighted by Crippen LogP contribution is -2.28. The molecule has 140 valence electrons. The molecule has 3 aromatic rings. The van der Waals surface area contributed by atoms with Crippen LogP contribution in [-0.2, 0) is 16.1 Å². The number of aromatic nitrogens is 2. The molecule has 27 heavy (non-hydrogen) atoms. The average Bonchev–Trinajstić information content (AvgIpc) is 3.09. The zero-order valence-electron chi connectivity index (χ0n) is 15.1. The minimum atomic E-state index is -0.165. The molecule has 7 heteroatoms. The van der Waals surface area contributed by atoms with Gasteiger partial charge in [0.25, 0.3) is 5.91 Å². The lowest BCUT2D eigenvalue weighted by Gasteiger charge is -2.09. The molecule has 0 aliphatic carbocycles. The molecule has 0 saturated carbocycles. The van der Waals surface area contributed by atoms with Gasteiger partial charge in [-0.05, 0) is 43.3 Å². The molecule has 0 aliphatic heterocycles. The van der Waals surface area contributed by atoms with Gasteiger partial charge in [0.1, 0.15) is 5.75 Å². The summed E-state index contributed by atoms with van der Waals surface area (Å²) in [5, 5.41) is 5.52. The average molecular weight is 366 g/mol. The fraction of sp³-hybridized carbons (Fsp3) is 0.250. The molecular weight excluding hydrogens is 344 g/mol. The monoisotopic (exact) mass is 366 g/mol. The van der Waals surface area contributed by atoms with Gasteiger partial charge < -0.3 is 19.9 Å². The molecule has 0 atom stereocenters. The van der Waals surface area contributed by atoms with Gasteiger partial charge in [0.2, 0.25) is 5.91 Å². The van der Waals surface area contributed by atoms with Crippen molar-refractivity contribution >= 4 is 28.5 Å². The van der Waals surface area contributed by atoms with Crippen LogP contribution in [0.25, 0.3) is 11.0 Å². The van der Waals surface area contributed by atoms with Crippen LogP contribution in [0.5, 0.6) is 5.75 Å². The molecule has 2 aromatic carbocycles. The largest absolute Gasteiger partial charge is 0.484 e. The molecule has 0 radical (unpaired) electrons. The second-order valence-electron chi connectivity index (χ2n) is 5.99. The van der Waals surface area contributed by atoms with Crippen LogP contribution in [0.15, 0.2) is 54.9 Å². The molecule has 0 fully saturated rings. The van der Waals surface area contributed by atoms with Gasteiger partial charge in [-0.15, -0.1) is 0 Å². The number of hydrogen-bond donors (Lipinski definition) is 2. The molecule has 2 N–H and O–H groups in total. The number of carbonyl (C=O) groups excluding carboxylic acids is 2. The van der Waals surface area contributed by atoms with Crippen molar-refractivity contribution in [1.29, 1.82) is 0 Å². The maximum atomic E-state index is 12.2. The fourth-order valence-corrected chi connectivity index (χ4v) is 2.67. The van der Waals surface area contributed by atoms with Crippen molar-refractivity contribution in [1.82, 2.24) is 14.9 Å². The molecule has 0 aliphatic rings. The van der Waals surface area contributed by atoms with Gasteiger partial charge in [0.15, 0.2) is 6.61 Å². The first kappa shape index (κ1) is 18.4. The quantitative estimate of drug-likeness (QED) is 0.642. The molecule has 0 unspecified atom stereocenters. The first-order valence-electron chi connectivity index (χ1n) is 8.85. The molecule has 0 saturated heterocycles. The van der Waals surface area contributed by atoms with E-state index in [0.29, 0.717) is 30.9 Å². The van der Waals surface area contributed by atoms with Gasteiger partial charge in [-0.2, -0.15) is 0 Å². The van der Waals surface area contributed by atoms with E-state index in [4.69, 9.17) is 4.74 Å². The number of imidazole rings is 1. The van der Waals surface area contributed by atoms with E-state index in [2.05, 4.69) is 15.6 Å². The number of rotatable bonds is 8. The number of nitrogens with one attached hydrogen (secondary N) is 2. The summed E-state index contributed by atoms with van der Waals surface area (Å²) < 4.78 is 7.35. The van der Waals surface area contributed by atoms with Crippen LogP contribution in [0.1, 0.15) is 13.3 Å². The number of nitrogens with zero attached hydrogens (tertiary/aromatic N) is 2. The molecule has 1 heterocycles. The Morgan fingerprint density at radius 2 is 1.85 bits per heavy atom. The highest BCUT2D eigenvalue weighted by Gasteiger charge is 2.07. The number of carbonyl (C=O) groups is 2. The summed E-state index contributed by atoms with van der Waals surface area (Å²) in [4.78, 5) is 27.9. The summed E-state index contributed by atoms with van der Waals surface area (Å²) >= 11 is 0. The van der Waals surface area contributed by atoms with Crippen LogP contribution in [-0.4, -0.2) is 34.5 Å². The Morgan fingerprint density at radius 3 is 2.63 bits per heavy atom. The maximum absolute atomic E-state index is 12.2. The Hall–Kier alpha value is -3.35. The topological polar surface area (TPSA) is 85.3 Å². The van der Waals surface area contributed by atoms with Crippen LogP contribution in [0.3, 0.4) is 0 Å². The summed E-state index contributed by atoms with van der Waals surface area (Å²) in [6.45, 7) is 2.95. The number of hydrogen-bond acceptors (Lipinski definition) is 4. The fourth-order valence-electron chi connectivity index (χ4n) is 2.67. The van der Waals surface area contributed by atoms with Crippen molar-refractivity contribution < 1.29 is 14.3 Å². The highest BCUT2D eigenvalue weighted by molar-refractivity contribution is 5.90. The number of amides is 2. The summed E-state index contributed by atoms with van der Waals surface area (Å²) in [5.74, 6) is 0.329. The van der Waals surface area contributed by atoms with Crippen LogP contribution >= 0.6 is 0 Å². The molecule has 7 nitrogen and oxygen atoms in total. The highest BCUT2D eigenvalue weighted by Crippen LogP contribution is 2.16. The summed E-state index contributed by atoms with van der Waals surface area (Å²) in [7, 11) is 0. The SMILES string of the molecule is CCNC(=O)COc1ccc(NC(=O)CCn2cnc3ccccc32)cc1. The Balaban J connectivity index is 1.48. The van der Waals surface area contributed by atoms with Gasteiger partial charge in [-0.1, -0.05) is 12.1 Å². The van der Waals surface area contributed by atoms with Gasteiger partial charge in [0, 0.05) is 25.2 Å². The van der Waals surface area contributed by atoms with Crippen LogP contribution < -0.4 is 15.4 Å². The zero-order chi connectivity index (χ0) is 19.1. The smallest absolute Gasteiger partial charge is 0.257 e. The Morgan fingerprint density at radius 1 is 1.07 bits per heavy atom. The van der Waals surface area contributed by atoms with Crippen LogP contribution in [0.4, 0.5) is 5.69 Å². The second kappa shape index (κ2) is 8.84. The second-order valence-corrected chi connectivity index (χ2v) is 5.99. The highest BCUT2D eigenvalue weighted by atomic mass is 16.5. The maximum Gasteiger partial charge on any atom is 0.257 e. The Bertz CT molecular complexity index is 918. The lowest BCUT2D eigenvalue weighted by molar-refractivity contribution is -0.123. The van der Waals surface area contributed by atoms with Crippen LogP contribution in [0, 0.1) is 0 Å².